The molecule has 1 amide bonds. The van der Waals surface area contributed by atoms with Crippen molar-refractivity contribution in [2.45, 2.75) is 32.7 Å². The fourth-order valence-electron chi connectivity index (χ4n) is 2.99. The average molecular weight is 343 g/mol. The molecule has 1 aromatic rings. The van der Waals surface area contributed by atoms with Gasteiger partial charge < -0.3 is 9.80 Å². The lowest BCUT2D eigenvalue weighted by Crippen LogP contribution is -2.47. The van der Waals surface area contributed by atoms with Crippen molar-refractivity contribution in [1.29, 1.82) is 0 Å². The number of hydrogen-bond donors (Lipinski definition) is 0. The second-order valence-corrected chi connectivity index (χ2v) is 7.18. The van der Waals surface area contributed by atoms with Crippen LogP contribution in [0.5, 0.6) is 0 Å². The van der Waals surface area contributed by atoms with Crippen LogP contribution >= 0.6 is 23.2 Å². The molecular weight excluding hydrogens is 319 g/mol. The molecule has 0 unspecified atom stereocenters. The lowest BCUT2D eigenvalue weighted by molar-refractivity contribution is 0.0641. The molecule has 1 atom stereocenters. The minimum absolute atomic E-state index is 0.00327. The number of halogens is 2. The molecule has 2 rings (SSSR count). The topological polar surface area (TPSA) is 23.6 Å². The maximum absolute atomic E-state index is 12.7. The first kappa shape index (κ1) is 17.6. The molecule has 5 heteroatoms. The van der Waals surface area contributed by atoms with Crippen LogP contribution < -0.4 is 0 Å². The summed E-state index contributed by atoms with van der Waals surface area (Å²) in [7, 11) is 1.88. The standard InChI is InChI=1S/C17H24Cl2N2O/c1-12(2)16(11-21-8-4-5-9-21)20(3)17(22)13-6-7-14(18)15(19)10-13/h6-7,10,12,16H,4-5,8-9,11H2,1-3H3/t16-/m1/s1. The minimum atomic E-state index is -0.00327. The molecule has 0 N–H and O–H groups in total. The van der Waals surface area contributed by atoms with Gasteiger partial charge in [0.2, 0.25) is 0 Å². The van der Waals surface area contributed by atoms with Crippen molar-refractivity contribution >= 4 is 29.1 Å². The molecule has 22 heavy (non-hydrogen) atoms. The van der Waals surface area contributed by atoms with E-state index in [9.17, 15) is 4.79 Å². The van der Waals surface area contributed by atoms with Crippen molar-refractivity contribution < 1.29 is 4.79 Å². The molecule has 1 aliphatic heterocycles. The van der Waals surface area contributed by atoms with Crippen molar-refractivity contribution in [2.24, 2.45) is 5.92 Å². The third kappa shape index (κ3) is 4.15. The Labute approximate surface area is 143 Å². The van der Waals surface area contributed by atoms with Crippen LogP contribution in [0.25, 0.3) is 0 Å². The highest BCUT2D eigenvalue weighted by atomic mass is 35.5. The monoisotopic (exact) mass is 342 g/mol. The molecule has 0 aromatic heterocycles. The number of carbonyl (C=O) groups excluding carboxylic acids is 1. The van der Waals surface area contributed by atoms with Gasteiger partial charge in [-0.05, 0) is 50.0 Å². The number of benzene rings is 1. The Balaban J connectivity index is 2.12. The highest BCUT2D eigenvalue weighted by Crippen LogP contribution is 2.24. The number of likely N-dealkylation sites (tertiary alicyclic amines) is 1. The highest BCUT2D eigenvalue weighted by Gasteiger charge is 2.27. The molecule has 1 saturated heterocycles. The van der Waals surface area contributed by atoms with Gasteiger partial charge in [-0.3, -0.25) is 4.79 Å². The molecule has 0 saturated carbocycles. The molecular formula is C17H24Cl2N2O. The summed E-state index contributed by atoms with van der Waals surface area (Å²) in [4.78, 5) is 17.0. The maximum Gasteiger partial charge on any atom is 0.253 e. The Morgan fingerprint density at radius 2 is 1.86 bits per heavy atom. The normalized spacial score (nSPS) is 17.0. The number of likely N-dealkylation sites (N-methyl/N-ethyl adjacent to an activating group) is 1. The van der Waals surface area contributed by atoms with Crippen LogP contribution in [0.2, 0.25) is 10.0 Å². The van der Waals surface area contributed by atoms with E-state index in [1.165, 1.54) is 12.8 Å². The van der Waals surface area contributed by atoms with E-state index in [-0.39, 0.29) is 11.9 Å². The van der Waals surface area contributed by atoms with Gasteiger partial charge in [-0.15, -0.1) is 0 Å². The summed E-state index contributed by atoms with van der Waals surface area (Å²) in [5, 5.41) is 0.889. The number of rotatable bonds is 5. The third-order valence-electron chi connectivity index (χ3n) is 4.40. The molecule has 1 heterocycles. The summed E-state index contributed by atoms with van der Waals surface area (Å²) in [5.41, 5.74) is 0.587. The molecule has 0 aliphatic carbocycles. The highest BCUT2D eigenvalue weighted by molar-refractivity contribution is 6.42. The number of carbonyl (C=O) groups is 1. The first-order valence-corrected chi connectivity index (χ1v) is 8.60. The summed E-state index contributed by atoms with van der Waals surface area (Å²) in [6, 6.07) is 5.26. The van der Waals surface area contributed by atoms with Crippen LogP contribution in [-0.4, -0.2) is 48.4 Å². The van der Waals surface area contributed by atoms with Crippen molar-refractivity contribution in [3.8, 4) is 0 Å². The average Bonchev–Trinajstić information content (AvgIpc) is 2.99. The number of nitrogens with zero attached hydrogens (tertiary/aromatic N) is 2. The summed E-state index contributed by atoms with van der Waals surface area (Å²) >= 11 is 12.0. The van der Waals surface area contributed by atoms with Crippen LogP contribution in [0.1, 0.15) is 37.0 Å². The Hall–Kier alpha value is -0.770. The predicted octanol–water partition coefficient (Wildman–Crippen LogP) is 4.19. The van der Waals surface area contributed by atoms with Crippen LogP contribution in [0, 0.1) is 5.92 Å². The maximum atomic E-state index is 12.7. The van der Waals surface area contributed by atoms with Crippen LogP contribution in [-0.2, 0) is 0 Å². The zero-order valence-electron chi connectivity index (χ0n) is 13.5. The van der Waals surface area contributed by atoms with E-state index in [4.69, 9.17) is 23.2 Å². The zero-order valence-corrected chi connectivity index (χ0v) is 15.0. The van der Waals surface area contributed by atoms with Gasteiger partial charge >= 0.3 is 0 Å². The van der Waals surface area contributed by atoms with Crippen LogP contribution in [0.4, 0.5) is 0 Å². The Morgan fingerprint density at radius 1 is 1.23 bits per heavy atom. The number of hydrogen-bond acceptors (Lipinski definition) is 2. The second-order valence-electron chi connectivity index (χ2n) is 6.36. The van der Waals surface area contributed by atoms with Crippen molar-refractivity contribution in [3.63, 3.8) is 0 Å². The summed E-state index contributed by atoms with van der Waals surface area (Å²) in [5.74, 6) is 0.397. The molecule has 3 nitrogen and oxygen atoms in total. The molecule has 1 fully saturated rings. The molecule has 0 bridgehead atoms. The molecule has 1 aromatic carbocycles. The summed E-state index contributed by atoms with van der Waals surface area (Å²) in [6.07, 6.45) is 2.52. The van der Waals surface area contributed by atoms with Gasteiger partial charge in [-0.25, -0.2) is 0 Å². The lowest BCUT2D eigenvalue weighted by Gasteiger charge is -2.34. The van der Waals surface area contributed by atoms with Crippen molar-refractivity contribution in [2.75, 3.05) is 26.7 Å². The van der Waals surface area contributed by atoms with Crippen LogP contribution in [0.15, 0.2) is 18.2 Å². The van der Waals surface area contributed by atoms with E-state index in [0.717, 1.165) is 19.6 Å². The SMILES string of the molecule is CC(C)[C@@H](CN1CCCC1)N(C)C(=O)c1ccc(Cl)c(Cl)c1. The molecule has 0 radical (unpaired) electrons. The summed E-state index contributed by atoms with van der Waals surface area (Å²) < 4.78 is 0. The van der Waals surface area contributed by atoms with Gasteiger partial charge in [0, 0.05) is 25.2 Å². The summed E-state index contributed by atoms with van der Waals surface area (Å²) in [6.45, 7) is 7.54. The van der Waals surface area contributed by atoms with E-state index in [2.05, 4.69) is 18.7 Å². The van der Waals surface area contributed by atoms with E-state index in [0.29, 0.717) is 21.5 Å². The van der Waals surface area contributed by atoms with E-state index < -0.39 is 0 Å². The van der Waals surface area contributed by atoms with Gasteiger partial charge in [0.05, 0.1) is 10.0 Å². The fraction of sp³-hybridized carbons (Fsp3) is 0.588. The van der Waals surface area contributed by atoms with Gasteiger partial charge in [0.1, 0.15) is 0 Å². The quantitative estimate of drug-likeness (QED) is 0.801. The fourth-order valence-corrected chi connectivity index (χ4v) is 3.29. The lowest BCUT2D eigenvalue weighted by atomic mass is 10.0. The second kappa shape index (κ2) is 7.67. The molecule has 0 spiro atoms. The van der Waals surface area contributed by atoms with E-state index >= 15 is 0 Å². The largest absolute Gasteiger partial charge is 0.337 e. The van der Waals surface area contributed by atoms with E-state index in [1.54, 1.807) is 18.2 Å². The Morgan fingerprint density at radius 3 is 2.41 bits per heavy atom. The first-order valence-electron chi connectivity index (χ1n) is 7.84. The zero-order chi connectivity index (χ0) is 16.3. The Bertz CT molecular complexity index is 527. The molecule has 1 aliphatic rings. The smallest absolute Gasteiger partial charge is 0.253 e. The predicted molar refractivity (Wildman–Crippen MR) is 92.9 cm³/mol. The van der Waals surface area contributed by atoms with Gasteiger partial charge in [-0.2, -0.15) is 0 Å². The first-order chi connectivity index (χ1) is 10.4. The van der Waals surface area contributed by atoms with Gasteiger partial charge in [-0.1, -0.05) is 37.0 Å². The van der Waals surface area contributed by atoms with Crippen LogP contribution in [0.3, 0.4) is 0 Å². The molecule has 122 valence electrons. The van der Waals surface area contributed by atoms with Crippen molar-refractivity contribution in [3.05, 3.63) is 33.8 Å². The Kier molecular flexibility index (Phi) is 6.13. The van der Waals surface area contributed by atoms with Crippen molar-refractivity contribution in [1.82, 2.24) is 9.80 Å². The van der Waals surface area contributed by atoms with Gasteiger partial charge in [0.15, 0.2) is 0 Å². The minimum Gasteiger partial charge on any atom is -0.337 e. The van der Waals surface area contributed by atoms with E-state index in [1.807, 2.05) is 11.9 Å². The van der Waals surface area contributed by atoms with Gasteiger partial charge in [0.25, 0.3) is 5.91 Å². The third-order valence-corrected chi connectivity index (χ3v) is 5.14. The number of amides is 1.